The smallest absolute Gasteiger partial charge is 0.366 e. The minimum atomic E-state index is -4.85. The Hall–Kier alpha value is -1.63. The van der Waals surface area contributed by atoms with E-state index >= 15 is 0 Å². The Morgan fingerprint density at radius 2 is 2.05 bits per heavy atom. The average molecular weight is 308 g/mol. The lowest BCUT2D eigenvalue weighted by Crippen LogP contribution is -2.31. The highest BCUT2D eigenvalue weighted by Crippen LogP contribution is 2.18. The number of Topliss-reactive ketones (excluding diaryl/α,β-unsaturated/α-hetero) is 1. The first-order valence-electron chi connectivity index (χ1n) is 5.61. The number of halogens is 4. The van der Waals surface area contributed by atoms with Crippen LogP contribution in [-0.4, -0.2) is 41.8 Å². The lowest BCUT2D eigenvalue weighted by molar-refractivity contribution is -0.169. The first-order valence-corrected chi connectivity index (χ1v) is 5.99. The molecule has 0 N–H and O–H groups in total. The number of nitrogens with zero attached hydrogens (tertiary/aromatic N) is 3. The van der Waals surface area contributed by atoms with Gasteiger partial charge in [-0.3, -0.25) is 9.79 Å². The lowest BCUT2D eigenvalue weighted by Gasteiger charge is -2.16. The van der Waals surface area contributed by atoms with Crippen LogP contribution in [0.3, 0.4) is 0 Å². The molecule has 0 saturated carbocycles. The summed E-state index contributed by atoms with van der Waals surface area (Å²) in [5.74, 6) is -1.76. The predicted octanol–water partition coefficient (Wildman–Crippen LogP) is 2.72. The summed E-state index contributed by atoms with van der Waals surface area (Å²) in [6, 6.07) is 3.22. The normalized spacial score (nSPS) is 12.4. The Balaban J connectivity index is 2.78. The van der Waals surface area contributed by atoms with Crippen molar-refractivity contribution in [2.45, 2.75) is 19.1 Å². The highest BCUT2D eigenvalue weighted by molar-refractivity contribution is 6.29. The minimum absolute atomic E-state index is 0.0577. The van der Waals surface area contributed by atoms with E-state index in [1.54, 1.807) is 12.1 Å². The summed E-state index contributed by atoms with van der Waals surface area (Å²) < 4.78 is 36.7. The molecule has 0 saturated heterocycles. The highest BCUT2D eigenvalue weighted by Gasteiger charge is 2.38. The fourth-order valence-electron chi connectivity index (χ4n) is 1.28. The topological polar surface area (TPSA) is 45.6 Å². The second-order valence-electron chi connectivity index (χ2n) is 4.21. The lowest BCUT2D eigenvalue weighted by atomic mass is 10.2. The van der Waals surface area contributed by atoms with E-state index in [4.69, 9.17) is 11.6 Å². The van der Waals surface area contributed by atoms with Crippen LogP contribution in [0.4, 0.5) is 13.2 Å². The SMILES string of the molecule is CN(C)C(CC(=O)C(F)(F)F)=NCc1ccc(Cl)nc1. The molecule has 0 bridgehead atoms. The van der Waals surface area contributed by atoms with Crippen LogP contribution in [0.15, 0.2) is 23.3 Å². The summed E-state index contributed by atoms with van der Waals surface area (Å²) in [7, 11) is 3.06. The first kappa shape index (κ1) is 16.4. The molecule has 4 nitrogen and oxygen atoms in total. The molecule has 1 aromatic heterocycles. The van der Waals surface area contributed by atoms with Crippen molar-refractivity contribution in [3.05, 3.63) is 29.0 Å². The third kappa shape index (κ3) is 5.16. The average Bonchev–Trinajstić information content (AvgIpc) is 2.34. The van der Waals surface area contributed by atoms with Crippen LogP contribution in [0, 0.1) is 0 Å². The highest BCUT2D eigenvalue weighted by atomic mass is 35.5. The standard InChI is InChI=1S/C12H13ClF3N3O/c1-19(2)11(5-9(20)12(14,15)16)18-7-8-3-4-10(13)17-6-8/h3-4,6H,5,7H2,1-2H3. The number of aliphatic imine (C=N–C) groups is 1. The molecule has 0 unspecified atom stereocenters. The van der Waals surface area contributed by atoms with Gasteiger partial charge in [0.25, 0.3) is 0 Å². The molecule has 0 aromatic carbocycles. The zero-order chi connectivity index (χ0) is 15.3. The van der Waals surface area contributed by atoms with E-state index in [0.29, 0.717) is 10.7 Å². The molecular formula is C12H13ClF3N3O. The monoisotopic (exact) mass is 307 g/mol. The third-order valence-corrected chi connectivity index (χ3v) is 2.61. The van der Waals surface area contributed by atoms with E-state index in [-0.39, 0.29) is 12.4 Å². The van der Waals surface area contributed by atoms with Crippen LogP contribution < -0.4 is 0 Å². The molecule has 0 fully saturated rings. The van der Waals surface area contributed by atoms with Gasteiger partial charge in [-0.2, -0.15) is 13.2 Å². The molecule has 0 spiro atoms. The second kappa shape index (κ2) is 6.69. The van der Waals surface area contributed by atoms with Crippen LogP contribution in [0.1, 0.15) is 12.0 Å². The third-order valence-electron chi connectivity index (χ3n) is 2.38. The molecule has 1 aromatic rings. The van der Waals surface area contributed by atoms with Gasteiger partial charge in [0.1, 0.15) is 11.0 Å². The van der Waals surface area contributed by atoms with Gasteiger partial charge in [-0.25, -0.2) is 4.98 Å². The van der Waals surface area contributed by atoms with Crippen LogP contribution in [0.25, 0.3) is 0 Å². The molecule has 1 rings (SSSR count). The van der Waals surface area contributed by atoms with Gasteiger partial charge in [0.15, 0.2) is 0 Å². The number of ketones is 1. The maximum atomic E-state index is 12.2. The van der Waals surface area contributed by atoms with Gasteiger partial charge in [-0.05, 0) is 11.6 Å². The van der Waals surface area contributed by atoms with Gasteiger partial charge >= 0.3 is 6.18 Å². The summed E-state index contributed by atoms with van der Waals surface area (Å²) in [6.45, 7) is 0.128. The quantitative estimate of drug-likeness (QED) is 0.488. The molecule has 1 heterocycles. The van der Waals surface area contributed by atoms with Gasteiger partial charge in [-0.15, -0.1) is 0 Å². The van der Waals surface area contributed by atoms with Gasteiger partial charge in [0, 0.05) is 20.3 Å². The number of carbonyl (C=O) groups excluding carboxylic acids is 1. The zero-order valence-corrected chi connectivity index (χ0v) is 11.7. The molecular weight excluding hydrogens is 295 g/mol. The number of pyridine rings is 1. The van der Waals surface area contributed by atoms with Crippen molar-refractivity contribution in [2.24, 2.45) is 4.99 Å². The van der Waals surface area contributed by atoms with E-state index in [0.717, 1.165) is 0 Å². The zero-order valence-electron chi connectivity index (χ0n) is 10.9. The van der Waals surface area contributed by atoms with E-state index in [9.17, 15) is 18.0 Å². The van der Waals surface area contributed by atoms with E-state index in [1.165, 1.54) is 25.2 Å². The molecule has 110 valence electrons. The minimum Gasteiger partial charge on any atom is -0.366 e. The Bertz CT molecular complexity index is 498. The molecule has 0 aliphatic carbocycles. The predicted molar refractivity (Wildman–Crippen MR) is 69.8 cm³/mol. The Morgan fingerprint density at radius 1 is 1.40 bits per heavy atom. The summed E-state index contributed by atoms with van der Waals surface area (Å²) in [4.78, 5) is 20.2. The van der Waals surface area contributed by atoms with Gasteiger partial charge in [0.05, 0.1) is 13.0 Å². The maximum absolute atomic E-state index is 12.2. The number of aromatic nitrogens is 1. The maximum Gasteiger partial charge on any atom is 0.450 e. The van der Waals surface area contributed by atoms with Crippen molar-refractivity contribution in [3.8, 4) is 0 Å². The van der Waals surface area contributed by atoms with E-state index in [1.807, 2.05) is 0 Å². The molecule has 0 radical (unpaired) electrons. The van der Waals surface area contributed by atoms with Crippen LogP contribution >= 0.6 is 11.6 Å². The number of amidine groups is 1. The molecule has 0 atom stereocenters. The number of hydrogen-bond donors (Lipinski definition) is 0. The summed E-state index contributed by atoms with van der Waals surface area (Å²) in [5, 5.41) is 0.317. The molecule has 0 amide bonds. The van der Waals surface area contributed by atoms with Crippen molar-refractivity contribution in [3.63, 3.8) is 0 Å². The fraction of sp³-hybridized carbons (Fsp3) is 0.417. The molecule has 0 aliphatic rings. The van der Waals surface area contributed by atoms with Crippen LogP contribution in [0.5, 0.6) is 0 Å². The number of rotatable bonds is 4. The molecule has 20 heavy (non-hydrogen) atoms. The second-order valence-corrected chi connectivity index (χ2v) is 4.60. The summed E-state index contributed by atoms with van der Waals surface area (Å²) in [5.41, 5.74) is 0.688. The van der Waals surface area contributed by atoms with Gasteiger partial charge < -0.3 is 4.90 Å². The van der Waals surface area contributed by atoms with Crippen molar-refractivity contribution in [1.82, 2.24) is 9.88 Å². The number of hydrogen-bond acceptors (Lipinski definition) is 3. The summed E-state index contributed by atoms with van der Waals surface area (Å²) in [6.07, 6.45) is -4.15. The van der Waals surface area contributed by atoms with E-state index < -0.39 is 18.4 Å². The number of alkyl halides is 3. The molecule has 0 aliphatic heterocycles. The van der Waals surface area contributed by atoms with Gasteiger partial charge in [-0.1, -0.05) is 17.7 Å². The molecule has 8 heteroatoms. The van der Waals surface area contributed by atoms with Crippen molar-refractivity contribution < 1.29 is 18.0 Å². The van der Waals surface area contributed by atoms with Crippen molar-refractivity contribution in [2.75, 3.05) is 14.1 Å². The first-order chi connectivity index (χ1) is 9.20. The summed E-state index contributed by atoms with van der Waals surface area (Å²) >= 11 is 5.62. The Kier molecular flexibility index (Phi) is 5.50. The van der Waals surface area contributed by atoms with E-state index in [2.05, 4.69) is 9.98 Å². The fourth-order valence-corrected chi connectivity index (χ4v) is 1.39. The van der Waals surface area contributed by atoms with Crippen molar-refractivity contribution >= 4 is 23.2 Å². The van der Waals surface area contributed by atoms with Crippen molar-refractivity contribution in [1.29, 1.82) is 0 Å². The van der Waals surface area contributed by atoms with Crippen LogP contribution in [0.2, 0.25) is 5.15 Å². The largest absolute Gasteiger partial charge is 0.450 e. The Morgan fingerprint density at radius 3 is 2.50 bits per heavy atom. The van der Waals surface area contributed by atoms with Crippen LogP contribution in [-0.2, 0) is 11.3 Å². The number of carbonyl (C=O) groups is 1. The van der Waals surface area contributed by atoms with Gasteiger partial charge in [0.2, 0.25) is 5.78 Å². The Labute approximate surface area is 119 Å².